The zero-order valence-electron chi connectivity index (χ0n) is 25.9. The molecule has 2 fully saturated rings. The highest BCUT2D eigenvalue weighted by Gasteiger charge is 2.64. The van der Waals surface area contributed by atoms with Gasteiger partial charge in [-0.3, -0.25) is 10.1 Å². The van der Waals surface area contributed by atoms with Crippen molar-refractivity contribution >= 4 is 29.3 Å². The highest BCUT2D eigenvalue weighted by Crippen LogP contribution is 2.57. The number of hydrogen-bond acceptors (Lipinski definition) is 7. The summed E-state index contributed by atoms with van der Waals surface area (Å²) in [6.45, 7) is 7.20. The van der Waals surface area contributed by atoms with Gasteiger partial charge in [0.2, 0.25) is 5.91 Å². The molecule has 1 N–H and O–H groups in total. The Kier molecular flexibility index (Phi) is 8.09. The molecule has 1 aromatic heterocycles. The average molecular weight is 651 g/mol. The number of amides is 1. The van der Waals surface area contributed by atoms with Crippen LogP contribution in [0.15, 0.2) is 109 Å². The Labute approximate surface area is 278 Å². The first-order valence-corrected chi connectivity index (χ1v) is 16.7. The van der Waals surface area contributed by atoms with Gasteiger partial charge in [0.05, 0.1) is 23.7 Å². The summed E-state index contributed by atoms with van der Waals surface area (Å²) in [7, 11) is 0. The molecular formula is C36H35ClN6O2S. The number of carbonyl (C=O) groups is 1. The van der Waals surface area contributed by atoms with Gasteiger partial charge in [0.1, 0.15) is 23.2 Å². The summed E-state index contributed by atoms with van der Waals surface area (Å²) in [6, 6.07) is 36.1. The first-order chi connectivity index (χ1) is 22.3. The van der Waals surface area contributed by atoms with Gasteiger partial charge in [0.15, 0.2) is 5.82 Å². The van der Waals surface area contributed by atoms with Gasteiger partial charge in [-0.1, -0.05) is 109 Å². The van der Waals surface area contributed by atoms with Gasteiger partial charge in [-0.05, 0) is 65.6 Å². The van der Waals surface area contributed by atoms with Crippen LogP contribution in [0.1, 0.15) is 54.9 Å². The lowest BCUT2D eigenvalue weighted by Crippen LogP contribution is -2.70. The van der Waals surface area contributed by atoms with E-state index in [2.05, 4.69) is 71.1 Å². The van der Waals surface area contributed by atoms with Crippen molar-refractivity contribution in [2.45, 2.75) is 55.1 Å². The lowest BCUT2D eigenvalue weighted by Gasteiger charge is -2.49. The molecule has 7 rings (SSSR count). The lowest BCUT2D eigenvalue weighted by molar-refractivity contribution is -0.150. The number of carbonyl (C=O) groups excluding carboxylic acids is 1. The standard InChI is InChI=1S/C36H35ClN6O2S/c1-4-45-29-21-20-24(22-28(29)37)23-42-32(39-40-41-42)31-35(2,3)46-34-30(33(44)43(31)34)38-36(25-14-8-5-9-15-25,26-16-10-6-11-17-26)27-18-12-7-13-19-27/h5-22,30-31,34,38H,4,23H2,1-3H3. The number of tetrazole rings is 1. The van der Waals surface area contributed by atoms with Gasteiger partial charge in [-0.15, -0.1) is 16.9 Å². The Bertz CT molecular complexity index is 1740. The highest BCUT2D eigenvalue weighted by atomic mass is 35.5. The molecule has 1 amide bonds. The van der Waals surface area contributed by atoms with Gasteiger partial charge in [0, 0.05) is 4.75 Å². The molecular weight excluding hydrogens is 616 g/mol. The van der Waals surface area contributed by atoms with Crippen molar-refractivity contribution < 1.29 is 9.53 Å². The Morgan fingerprint density at radius 3 is 2.04 bits per heavy atom. The van der Waals surface area contributed by atoms with Crippen LogP contribution >= 0.6 is 23.4 Å². The lowest BCUT2D eigenvalue weighted by atomic mass is 9.76. The molecule has 0 bridgehead atoms. The Balaban J connectivity index is 1.23. The van der Waals surface area contributed by atoms with Gasteiger partial charge in [-0.25, -0.2) is 4.68 Å². The molecule has 2 aliphatic heterocycles. The third kappa shape index (κ3) is 5.16. The topological polar surface area (TPSA) is 85.2 Å². The number of rotatable bonds is 10. The third-order valence-corrected chi connectivity index (χ3v) is 10.7. The van der Waals surface area contributed by atoms with Crippen molar-refractivity contribution in [1.29, 1.82) is 0 Å². The summed E-state index contributed by atoms with van der Waals surface area (Å²) in [5.74, 6) is 1.32. The van der Waals surface area contributed by atoms with Crippen LogP contribution in [0.5, 0.6) is 5.75 Å². The van der Waals surface area contributed by atoms with E-state index in [1.54, 1.807) is 16.4 Å². The Hall–Kier alpha value is -4.18. The van der Waals surface area contributed by atoms with Gasteiger partial charge < -0.3 is 9.64 Å². The minimum absolute atomic E-state index is 0.0268. The van der Waals surface area contributed by atoms with E-state index < -0.39 is 11.6 Å². The number of ether oxygens (including phenoxy) is 1. The molecule has 3 atom stereocenters. The maximum absolute atomic E-state index is 14.4. The number of thioether (sulfide) groups is 1. The zero-order chi connectivity index (χ0) is 31.9. The van der Waals surface area contributed by atoms with E-state index in [0.29, 0.717) is 29.7 Å². The predicted octanol–water partition coefficient (Wildman–Crippen LogP) is 6.46. The second kappa shape index (κ2) is 12.2. The average Bonchev–Trinajstić information content (AvgIpc) is 3.62. The molecule has 2 saturated heterocycles. The van der Waals surface area contributed by atoms with E-state index in [1.165, 1.54) is 0 Å². The SMILES string of the molecule is CCOc1ccc(Cn2nnnc2C2N3C(=O)C(NC(c4ccccc4)(c4ccccc4)c4ccccc4)C3SC2(C)C)cc1Cl. The maximum atomic E-state index is 14.4. The van der Waals surface area contributed by atoms with E-state index in [1.807, 2.05) is 84.6 Å². The monoisotopic (exact) mass is 650 g/mol. The first-order valence-electron chi connectivity index (χ1n) is 15.4. The predicted molar refractivity (Wildman–Crippen MR) is 181 cm³/mol. The zero-order valence-corrected chi connectivity index (χ0v) is 27.4. The number of hydrogen-bond donors (Lipinski definition) is 1. The maximum Gasteiger partial charge on any atom is 0.244 e. The molecule has 8 nitrogen and oxygen atoms in total. The quantitative estimate of drug-likeness (QED) is 0.137. The highest BCUT2D eigenvalue weighted by molar-refractivity contribution is 8.01. The molecule has 0 saturated carbocycles. The van der Waals surface area contributed by atoms with Crippen LogP contribution in [0, 0.1) is 0 Å². The number of fused-ring (bicyclic) bond motifs is 1. The molecule has 5 aromatic rings. The van der Waals surface area contributed by atoms with Crippen LogP contribution in [0.4, 0.5) is 0 Å². The fraction of sp³-hybridized carbons (Fsp3) is 0.278. The van der Waals surface area contributed by atoms with Crippen molar-refractivity contribution in [3.63, 3.8) is 0 Å². The molecule has 0 spiro atoms. The van der Waals surface area contributed by atoms with Crippen LogP contribution in [0.25, 0.3) is 0 Å². The van der Waals surface area contributed by atoms with E-state index in [9.17, 15) is 4.79 Å². The third-order valence-electron chi connectivity index (χ3n) is 8.87. The van der Waals surface area contributed by atoms with Gasteiger partial charge in [-0.2, -0.15) is 0 Å². The van der Waals surface area contributed by atoms with Crippen molar-refractivity contribution in [3.8, 4) is 5.75 Å². The Morgan fingerprint density at radius 2 is 1.50 bits per heavy atom. The molecule has 0 radical (unpaired) electrons. The summed E-state index contributed by atoms with van der Waals surface area (Å²) < 4.78 is 7.02. The van der Waals surface area contributed by atoms with Crippen molar-refractivity contribution in [1.82, 2.24) is 30.4 Å². The van der Waals surface area contributed by atoms with E-state index >= 15 is 0 Å². The van der Waals surface area contributed by atoms with Gasteiger partial charge >= 0.3 is 0 Å². The second-order valence-electron chi connectivity index (χ2n) is 12.1. The molecule has 46 heavy (non-hydrogen) atoms. The molecule has 4 aromatic carbocycles. The number of aromatic nitrogens is 4. The van der Waals surface area contributed by atoms with Gasteiger partial charge in [0.25, 0.3) is 0 Å². The number of halogens is 1. The molecule has 0 aliphatic carbocycles. The second-order valence-corrected chi connectivity index (χ2v) is 14.3. The molecule has 234 valence electrons. The molecule has 10 heteroatoms. The fourth-order valence-corrected chi connectivity index (χ4v) is 8.71. The van der Waals surface area contributed by atoms with E-state index in [-0.39, 0.29) is 22.1 Å². The van der Waals surface area contributed by atoms with Crippen molar-refractivity contribution in [2.24, 2.45) is 0 Å². The summed E-state index contributed by atoms with van der Waals surface area (Å²) in [5.41, 5.74) is 3.38. The van der Waals surface area contributed by atoms with Crippen LogP contribution in [0.2, 0.25) is 5.02 Å². The fourth-order valence-electron chi connectivity index (χ4n) is 6.82. The molecule has 2 aliphatic rings. The Morgan fingerprint density at radius 1 is 0.913 bits per heavy atom. The number of nitrogens with one attached hydrogen (secondary N) is 1. The summed E-state index contributed by atoms with van der Waals surface area (Å²) in [4.78, 5) is 16.3. The van der Waals surface area contributed by atoms with Crippen molar-refractivity contribution in [2.75, 3.05) is 6.61 Å². The summed E-state index contributed by atoms with van der Waals surface area (Å²) in [6.07, 6.45) is 0. The van der Waals surface area contributed by atoms with Crippen LogP contribution in [-0.2, 0) is 16.9 Å². The van der Waals surface area contributed by atoms with Crippen LogP contribution < -0.4 is 10.1 Å². The van der Waals surface area contributed by atoms with Crippen LogP contribution in [-0.4, -0.2) is 53.8 Å². The normalized spacial score (nSPS) is 20.3. The minimum Gasteiger partial charge on any atom is -0.492 e. The first kappa shape index (κ1) is 30.5. The minimum atomic E-state index is -0.756. The molecule has 3 unspecified atom stereocenters. The summed E-state index contributed by atoms with van der Waals surface area (Å²) >= 11 is 8.27. The van der Waals surface area contributed by atoms with Crippen LogP contribution in [0.3, 0.4) is 0 Å². The summed E-state index contributed by atoms with van der Waals surface area (Å²) in [5, 5.41) is 17.2. The van der Waals surface area contributed by atoms with E-state index in [4.69, 9.17) is 16.3 Å². The largest absolute Gasteiger partial charge is 0.492 e. The number of benzene rings is 4. The number of β-lactam (4-membered cyclic amide) rings is 1. The smallest absolute Gasteiger partial charge is 0.244 e. The molecule has 3 heterocycles. The van der Waals surface area contributed by atoms with E-state index in [0.717, 1.165) is 22.3 Å². The van der Waals surface area contributed by atoms with Crippen molar-refractivity contribution in [3.05, 3.63) is 142 Å². The number of nitrogens with zero attached hydrogens (tertiary/aromatic N) is 5.